The van der Waals surface area contributed by atoms with Crippen molar-refractivity contribution in [2.75, 3.05) is 24.2 Å². The molecule has 4 rings (SSSR count). The van der Waals surface area contributed by atoms with Gasteiger partial charge in [0, 0.05) is 35.7 Å². The molecule has 0 spiro atoms. The maximum absolute atomic E-state index is 13.7. The molecule has 0 aliphatic rings. The molecule has 216 valence electrons. The molecule has 0 unspecified atom stereocenters. The number of benzene rings is 3. The molecule has 1 heterocycles. The molecule has 0 fully saturated rings. The first-order valence-corrected chi connectivity index (χ1v) is 16.2. The predicted octanol–water partition coefficient (Wildman–Crippen LogP) is 9.81. The average molecular weight is 589 g/mol. The number of nitrogens with zero attached hydrogens (tertiary/aromatic N) is 2. The fourth-order valence-corrected chi connectivity index (χ4v) is 5.95. The average Bonchev–Trinajstić information content (AvgIpc) is 3.43. The van der Waals surface area contributed by atoms with Crippen LogP contribution in [0.1, 0.15) is 58.3 Å². The summed E-state index contributed by atoms with van der Waals surface area (Å²) in [6, 6.07) is 27.3. The van der Waals surface area contributed by atoms with E-state index in [1.54, 1.807) is 17.8 Å². The molecule has 1 aromatic heterocycles. The van der Waals surface area contributed by atoms with Gasteiger partial charge in [-0.25, -0.2) is 9.37 Å². The van der Waals surface area contributed by atoms with E-state index in [2.05, 4.69) is 70.7 Å². The first-order valence-electron chi connectivity index (χ1n) is 14.8. The van der Waals surface area contributed by atoms with Gasteiger partial charge in [-0.15, -0.1) is 0 Å². The van der Waals surface area contributed by atoms with Gasteiger partial charge in [0.15, 0.2) is 10.3 Å². The quantitative estimate of drug-likeness (QED) is 0.0775. The number of hydrogen-bond donors (Lipinski definition) is 2. The van der Waals surface area contributed by atoms with Crippen LogP contribution >= 0.6 is 24.0 Å². The van der Waals surface area contributed by atoms with E-state index in [1.807, 2.05) is 18.2 Å². The van der Waals surface area contributed by atoms with Crippen LogP contribution in [0.3, 0.4) is 0 Å². The fourth-order valence-electron chi connectivity index (χ4n) is 4.78. The molecule has 2 N–H and O–H groups in total. The summed E-state index contributed by atoms with van der Waals surface area (Å²) in [5, 5.41) is 4.88. The highest BCUT2D eigenvalue weighted by Gasteiger charge is 2.14. The zero-order valence-electron chi connectivity index (χ0n) is 23.9. The lowest BCUT2D eigenvalue weighted by atomic mass is 10.1. The molecule has 4 nitrogen and oxygen atoms in total. The van der Waals surface area contributed by atoms with Crippen molar-refractivity contribution in [2.45, 2.75) is 63.4 Å². The van der Waals surface area contributed by atoms with Crippen molar-refractivity contribution in [1.29, 1.82) is 0 Å². The third-order valence-electron chi connectivity index (χ3n) is 7.00. The van der Waals surface area contributed by atoms with Gasteiger partial charge in [0.1, 0.15) is 5.82 Å². The Kier molecular flexibility index (Phi) is 12.7. The van der Waals surface area contributed by atoms with Gasteiger partial charge in [0.05, 0.1) is 11.4 Å². The summed E-state index contributed by atoms with van der Waals surface area (Å²) in [6.07, 6.45) is 9.37. The monoisotopic (exact) mass is 588 g/mol. The molecular formula is C34H41FN4S2. The molecule has 0 atom stereocenters. The third-order valence-corrected chi connectivity index (χ3v) is 8.32. The number of hydrogen-bond acceptors (Lipinski definition) is 3. The minimum Gasteiger partial charge on any atom is -0.349 e. The van der Waals surface area contributed by atoms with Crippen molar-refractivity contribution in [1.82, 2.24) is 14.9 Å². The number of unbranched alkanes of at least 4 members (excludes halogenated alkanes) is 6. The molecule has 0 radical (unpaired) electrons. The van der Waals surface area contributed by atoms with Gasteiger partial charge in [0.25, 0.3) is 0 Å². The second-order valence-corrected chi connectivity index (χ2v) is 11.7. The lowest BCUT2D eigenvalue weighted by Gasteiger charge is -2.26. The third kappa shape index (κ3) is 10.0. The van der Waals surface area contributed by atoms with E-state index in [0.29, 0.717) is 10.8 Å². The number of imidazole rings is 1. The van der Waals surface area contributed by atoms with Crippen LogP contribution < -0.4 is 5.32 Å². The second kappa shape index (κ2) is 16.9. The molecular weight excluding hydrogens is 548 g/mol. The Morgan fingerprint density at radius 1 is 0.829 bits per heavy atom. The van der Waals surface area contributed by atoms with Crippen LogP contribution in [0, 0.1) is 5.82 Å². The molecule has 7 heteroatoms. The SMILES string of the molecule is CCCCCCCN(CCCCCSc1nc(-c2ccccc2)c(-c2ccccc2)[nH]1)C(=S)Nc1cccc(F)c1. The standard InChI is InChI=1S/C34H41FN4S2/c1-2-3-4-5-13-23-39(34(40)36-30-22-16-21-29(35)26-30)24-14-8-15-25-41-33-37-31(27-17-9-6-10-18-27)32(38-33)28-19-11-7-12-20-28/h6-7,9-12,16-22,26H,2-5,8,13-15,23-25H2,1H3,(H,36,40)(H,37,38). The number of aromatic amines is 1. The summed E-state index contributed by atoms with van der Waals surface area (Å²) in [5.74, 6) is 0.739. The zero-order valence-corrected chi connectivity index (χ0v) is 25.6. The zero-order chi connectivity index (χ0) is 28.7. The summed E-state index contributed by atoms with van der Waals surface area (Å²) in [7, 11) is 0. The smallest absolute Gasteiger partial charge is 0.173 e. The van der Waals surface area contributed by atoms with Crippen LogP contribution in [0.5, 0.6) is 0 Å². The van der Waals surface area contributed by atoms with Crippen LogP contribution in [-0.2, 0) is 0 Å². The number of thiocarbonyl (C=S) groups is 1. The van der Waals surface area contributed by atoms with E-state index in [-0.39, 0.29) is 5.82 Å². The number of rotatable bonds is 16. The molecule has 0 amide bonds. The van der Waals surface area contributed by atoms with Gasteiger partial charge in [0.2, 0.25) is 0 Å². The normalized spacial score (nSPS) is 11.0. The Balaban J connectivity index is 1.28. The Bertz CT molecular complexity index is 1270. The van der Waals surface area contributed by atoms with Gasteiger partial charge in [-0.3, -0.25) is 0 Å². The lowest BCUT2D eigenvalue weighted by Crippen LogP contribution is -2.36. The van der Waals surface area contributed by atoms with Crippen molar-refractivity contribution in [3.63, 3.8) is 0 Å². The summed E-state index contributed by atoms with van der Waals surface area (Å²) in [6.45, 7) is 4.06. The van der Waals surface area contributed by atoms with Crippen LogP contribution in [0.25, 0.3) is 22.5 Å². The summed E-state index contributed by atoms with van der Waals surface area (Å²) in [4.78, 5) is 10.8. The maximum Gasteiger partial charge on any atom is 0.173 e. The minimum absolute atomic E-state index is 0.259. The van der Waals surface area contributed by atoms with Crippen molar-refractivity contribution >= 4 is 34.8 Å². The van der Waals surface area contributed by atoms with Gasteiger partial charge in [-0.1, -0.05) is 118 Å². The van der Waals surface area contributed by atoms with Gasteiger partial charge in [-0.2, -0.15) is 0 Å². The van der Waals surface area contributed by atoms with E-state index in [0.717, 1.165) is 72.2 Å². The largest absolute Gasteiger partial charge is 0.349 e. The number of thioether (sulfide) groups is 1. The van der Waals surface area contributed by atoms with Crippen LogP contribution in [0.15, 0.2) is 90.1 Å². The lowest BCUT2D eigenvalue weighted by molar-refractivity contribution is 0.392. The van der Waals surface area contributed by atoms with E-state index in [9.17, 15) is 4.39 Å². The number of halogens is 1. The molecule has 0 aliphatic heterocycles. The first kappa shape index (κ1) is 30.8. The van der Waals surface area contributed by atoms with E-state index in [1.165, 1.54) is 37.8 Å². The molecule has 0 aliphatic carbocycles. The van der Waals surface area contributed by atoms with Crippen LogP contribution in [0.4, 0.5) is 10.1 Å². The van der Waals surface area contributed by atoms with Crippen molar-refractivity contribution in [2.24, 2.45) is 0 Å². The highest BCUT2D eigenvalue weighted by atomic mass is 32.2. The number of H-pyrrole nitrogens is 1. The van der Waals surface area contributed by atoms with Crippen LogP contribution in [0.2, 0.25) is 0 Å². The number of anilines is 1. The highest BCUT2D eigenvalue weighted by molar-refractivity contribution is 7.99. The Morgan fingerprint density at radius 3 is 2.17 bits per heavy atom. The van der Waals surface area contributed by atoms with Gasteiger partial charge < -0.3 is 15.2 Å². The molecule has 41 heavy (non-hydrogen) atoms. The second-order valence-electron chi connectivity index (χ2n) is 10.2. The first-order chi connectivity index (χ1) is 20.1. The summed E-state index contributed by atoms with van der Waals surface area (Å²) in [5.41, 5.74) is 5.02. The molecule has 3 aromatic carbocycles. The highest BCUT2D eigenvalue weighted by Crippen LogP contribution is 2.32. The summed E-state index contributed by atoms with van der Waals surface area (Å²) < 4.78 is 13.7. The Hall–Kier alpha value is -3.16. The number of aromatic nitrogens is 2. The maximum atomic E-state index is 13.7. The van der Waals surface area contributed by atoms with Gasteiger partial charge >= 0.3 is 0 Å². The Morgan fingerprint density at radius 2 is 1.49 bits per heavy atom. The predicted molar refractivity (Wildman–Crippen MR) is 177 cm³/mol. The van der Waals surface area contributed by atoms with Crippen molar-refractivity contribution < 1.29 is 4.39 Å². The molecule has 0 bridgehead atoms. The van der Waals surface area contributed by atoms with Crippen molar-refractivity contribution in [3.8, 4) is 22.5 Å². The van der Waals surface area contributed by atoms with E-state index < -0.39 is 0 Å². The van der Waals surface area contributed by atoms with Gasteiger partial charge in [-0.05, 0) is 49.7 Å². The van der Waals surface area contributed by atoms with Crippen LogP contribution in [-0.4, -0.2) is 38.8 Å². The molecule has 0 saturated heterocycles. The minimum atomic E-state index is -0.259. The number of nitrogens with one attached hydrogen (secondary N) is 2. The fraction of sp³-hybridized carbons (Fsp3) is 0.353. The van der Waals surface area contributed by atoms with E-state index in [4.69, 9.17) is 17.2 Å². The molecule has 4 aromatic rings. The topological polar surface area (TPSA) is 44.0 Å². The van der Waals surface area contributed by atoms with E-state index >= 15 is 0 Å². The Labute approximate surface area is 254 Å². The molecule has 0 saturated carbocycles. The van der Waals surface area contributed by atoms with Crippen molar-refractivity contribution in [3.05, 3.63) is 90.7 Å². The summed E-state index contributed by atoms with van der Waals surface area (Å²) >= 11 is 7.52.